The molecule has 68 heavy (non-hydrogen) atoms. The van der Waals surface area contributed by atoms with Crippen molar-refractivity contribution in [3.63, 3.8) is 0 Å². The first kappa shape index (κ1) is 49.2. The van der Waals surface area contributed by atoms with E-state index in [0.717, 1.165) is 25.6 Å². The highest BCUT2D eigenvalue weighted by Gasteiger charge is 2.23. The Hall–Kier alpha value is -8.26. The van der Waals surface area contributed by atoms with Gasteiger partial charge in [-0.25, -0.2) is 4.98 Å². The van der Waals surface area contributed by atoms with E-state index in [4.69, 9.17) is 9.47 Å². The van der Waals surface area contributed by atoms with Crippen LogP contribution >= 0.6 is 11.3 Å². The Morgan fingerprint density at radius 1 is 0.691 bits per heavy atom. The van der Waals surface area contributed by atoms with Crippen molar-refractivity contribution in [3.05, 3.63) is 119 Å². The van der Waals surface area contributed by atoms with E-state index < -0.39 is 20.2 Å². The average Bonchev–Trinajstić information content (AvgIpc) is 3.69. The molecule has 0 spiro atoms. The monoisotopic (exact) mass is 976 g/mol. The van der Waals surface area contributed by atoms with Crippen molar-refractivity contribution in [3.8, 4) is 23.3 Å². The molecule has 21 nitrogen and oxygen atoms in total. The molecule has 0 atom stereocenters. The number of thiophene rings is 1. The van der Waals surface area contributed by atoms with E-state index in [9.17, 15) is 41.7 Å². The number of amides is 1. The van der Waals surface area contributed by atoms with Crippen molar-refractivity contribution in [1.82, 2.24) is 4.98 Å². The Balaban J connectivity index is 1.50. The van der Waals surface area contributed by atoms with Crippen LogP contribution in [0.15, 0.2) is 121 Å². The van der Waals surface area contributed by atoms with Crippen LogP contribution in [-0.4, -0.2) is 54.9 Å². The molecule has 1 amide bonds. The van der Waals surface area contributed by atoms with Gasteiger partial charge in [0, 0.05) is 35.1 Å². The molecule has 0 bridgehead atoms. The zero-order valence-electron chi connectivity index (χ0n) is 36.1. The fourth-order valence-electron chi connectivity index (χ4n) is 6.28. The average molecular weight is 977 g/mol. The van der Waals surface area contributed by atoms with Crippen LogP contribution in [0.25, 0.3) is 11.1 Å². The Morgan fingerprint density at radius 3 is 1.68 bits per heavy atom. The van der Waals surface area contributed by atoms with E-state index >= 15 is 0 Å². The van der Waals surface area contributed by atoms with E-state index in [-0.39, 0.29) is 91.6 Å². The normalized spacial score (nSPS) is 11.4. The molecule has 4 aromatic carbocycles. The van der Waals surface area contributed by atoms with Crippen molar-refractivity contribution in [2.45, 2.75) is 36.9 Å². The summed E-state index contributed by atoms with van der Waals surface area (Å²) in [5.74, 6) is -0.254. The number of benzene rings is 4. The van der Waals surface area contributed by atoms with Gasteiger partial charge in [-0.15, -0.1) is 20.5 Å². The van der Waals surface area contributed by atoms with E-state index in [1.807, 2.05) is 0 Å². The second-order valence-corrected chi connectivity index (χ2v) is 18.3. The summed E-state index contributed by atoms with van der Waals surface area (Å²) in [5.41, 5.74) is 3.60. The van der Waals surface area contributed by atoms with Gasteiger partial charge in [0.2, 0.25) is 5.91 Å². The highest BCUT2D eigenvalue weighted by Crippen LogP contribution is 2.49. The number of hydrogen-bond acceptors (Lipinski definition) is 21. The third-order valence-corrected chi connectivity index (χ3v) is 13.0. The minimum Gasteiger partial charge on any atom is -0.463 e. The van der Waals surface area contributed by atoms with Crippen LogP contribution in [0.1, 0.15) is 34.7 Å². The Labute approximate surface area is 393 Å². The number of aromatic nitrogens is 1. The van der Waals surface area contributed by atoms with Crippen molar-refractivity contribution < 1.29 is 49.1 Å². The van der Waals surface area contributed by atoms with E-state index in [2.05, 4.69) is 61.9 Å². The van der Waals surface area contributed by atoms with Crippen LogP contribution in [0, 0.1) is 29.6 Å². The summed E-state index contributed by atoms with van der Waals surface area (Å²) in [6.45, 7) is 3.28. The number of anilines is 5. The minimum absolute atomic E-state index is 0.0134. The SMILES string of the molecule is COS(=O)(=O)c1ccc(Nc2nc(Nc3ccc(S(=O)(=O)OC)cc3)c(N=Nc3sc(N=Nc4cc(COC=O)cc(COC=O)c4)c(-c4ccc(NC(C)=O)cc4)c3C#N)c(C)c2C#N)cc1. The number of rotatable bonds is 20. The number of pyridine rings is 1. The molecule has 0 unspecified atom stereocenters. The maximum absolute atomic E-state index is 12.4. The van der Waals surface area contributed by atoms with Gasteiger partial charge in [-0.2, -0.15) is 27.4 Å². The van der Waals surface area contributed by atoms with Gasteiger partial charge in [0.25, 0.3) is 33.2 Å². The first-order valence-corrected chi connectivity index (χ1v) is 23.1. The van der Waals surface area contributed by atoms with Gasteiger partial charge < -0.3 is 25.4 Å². The Bertz CT molecular complexity index is 3230. The molecule has 0 aliphatic carbocycles. The molecule has 6 rings (SSSR count). The molecular formula is C44H36N10O11S3. The lowest BCUT2D eigenvalue weighted by Crippen LogP contribution is -2.05. The highest BCUT2D eigenvalue weighted by atomic mass is 32.2. The van der Waals surface area contributed by atoms with Gasteiger partial charge in [-0.05, 0) is 102 Å². The molecule has 346 valence electrons. The summed E-state index contributed by atoms with van der Waals surface area (Å²) in [5, 5.41) is 48.2. The molecule has 2 heterocycles. The van der Waals surface area contributed by atoms with Crippen molar-refractivity contribution >= 4 is 100 Å². The summed E-state index contributed by atoms with van der Waals surface area (Å²) in [6.07, 6.45) is 0. The van der Waals surface area contributed by atoms with Crippen LogP contribution in [0.3, 0.4) is 0 Å². The molecule has 0 radical (unpaired) electrons. The van der Waals surface area contributed by atoms with Gasteiger partial charge in [0.15, 0.2) is 16.6 Å². The minimum atomic E-state index is -4.03. The molecule has 0 aliphatic rings. The van der Waals surface area contributed by atoms with Crippen LogP contribution < -0.4 is 16.0 Å². The fourth-order valence-corrected chi connectivity index (χ4v) is 8.52. The maximum Gasteiger partial charge on any atom is 0.296 e. The second kappa shape index (κ2) is 21.8. The summed E-state index contributed by atoms with van der Waals surface area (Å²) in [6, 6.07) is 26.7. The van der Waals surface area contributed by atoms with Crippen LogP contribution in [0.2, 0.25) is 0 Å². The number of nitrogens with zero attached hydrogens (tertiary/aromatic N) is 7. The number of nitriles is 2. The lowest BCUT2D eigenvalue weighted by atomic mass is 10.0. The van der Waals surface area contributed by atoms with E-state index in [0.29, 0.717) is 39.3 Å². The molecular weight excluding hydrogens is 941 g/mol. The summed E-state index contributed by atoms with van der Waals surface area (Å²) in [7, 11) is -5.96. The molecule has 24 heteroatoms. The highest BCUT2D eigenvalue weighted by molar-refractivity contribution is 7.87. The molecule has 3 N–H and O–H groups in total. The largest absolute Gasteiger partial charge is 0.463 e. The van der Waals surface area contributed by atoms with E-state index in [1.54, 1.807) is 49.4 Å². The first-order chi connectivity index (χ1) is 32.6. The summed E-state index contributed by atoms with van der Waals surface area (Å²) >= 11 is 0.942. The summed E-state index contributed by atoms with van der Waals surface area (Å²) < 4.78 is 68.3. The third-order valence-electron chi connectivity index (χ3n) is 9.42. The zero-order valence-corrected chi connectivity index (χ0v) is 38.5. The molecule has 0 aliphatic heterocycles. The van der Waals surface area contributed by atoms with Gasteiger partial charge in [-0.3, -0.25) is 22.7 Å². The Kier molecular flexibility index (Phi) is 15.8. The van der Waals surface area contributed by atoms with E-state index in [1.165, 1.54) is 55.5 Å². The number of nitrogens with one attached hydrogen (secondary N) is 3. The number of azo groups is 2. The zero-order chi connectivity index (χ0) is 49.0. The molecule has 6 aromatic rings. The van der Waals surface area contributed by atoms with Crippen LogP contribution in [0.4, 0.5) is 50.1 Å². The van der Waals surface area contributed by atoms with Crippen LogP contribution in [0.5, 0.6) is 0 Å². The first-order valence-electron chi connectivity index (χ1n) is 19.4. The fraction of sp³-hybridized carbons (Fsp3) is 0.136. The number of carbonyl (C=O) groups is 3. The topological polar surface area (TPSA) is 302 Å². The van der Waals surface area contributed by atoms with Gasteiger partial charge >= 0.3 is 0 Å². The van der Waals surface area contributed by atoms with Crippen molar-refractivity contribution in [2.75, 3.05) is 30.2 Å². The maximum atomic E-state index is 12.4. The van der Waals surface area contributed by atoms with Gasteiger partial charge in [0.1, 0.15) is 41.6 Å². The smallest absolute Gasteiger partial charge is 0.296 e. The molecule has 2 aromatic heterocycles. The van der Waals surface area contributed by atoms with Gasteiger partial charge in [-0.1, -0.05) is 23.5 Å². The van der Waals surface area contributed by atoms with Crippen LogP contribution in [-0.2, 0) is 65.7 Å². The quantitative estimate of drug-likeness (QED) is 0.0365. The Morgan fingerprint density at radius 2 is 1.19 bits per heavy atom. The molecule has 0 fully saturated rings. The number of ether oxygens (including phenoxy) is 2. The second-order valence-electron chi connectivity index (χ2n) is 13.9. The lowest BCUT2D eigenvalue weighted by molar-refractivity contribution is -0.130. The predicted molar refractivity (Wildman–Crippen MR) is 247 cm³/mol. The molecule has 0 saturated heterocycles. The van der Waals surface area contributed by atoms with Gasteiger partial charge in [0.05, 0.1) is 35.3 Å². The standard InChI is InChI=1S/C44H36N10O11S3/c1-26-37(20-45)41(48-32-9-13-35(14-10-32)67(58,59)62-3)50-42(49-33-11-15-36(16-12-33)68(60,61)63-4)40(26)52-53-43-38(21-46)39(30-5-7-31(8-6-30)47-27(2)57)44(66-43)54-51-34-18-28(22-64-24-55)17-29(19-34)23-65-25-56/h5-19,24-25H,22-23H2,1-4H3,(H,47,57)(H2,48,49,50). The molecule has 0 saturated carbocycles. The van der Waals surface area contributed by atoms with Crippen molar-refractivity contribution in [1.29, 1.82) is 10.5 Å². The number of hydrogen-bond donors (Lipinski definition) is 3. The predicted octanol–water partition coefficient (Wildman–Crippen LogP) is 9.15. The van der Waals surface area contributed by atoms with Crippen molar-refractivity contribution in [2.24, 2.45) is 20.5 Å². The third kappa shape index (κ3) is 11.8. The summed E-state index contributed by atoms with van der Waals surface area (Å²) in [4.78, 5) is 38.1. The lowest BCUT2D eigenvalue weighted by Gasteiger charge is -2.16. The number of carbonyl (C=O) groups excluding carboxylic acids is 3.